The largest absolute Gasteiger partial charge is 0.322 e. The van der Waals surface area contributed by atoms with Crippen molar-refractivity contribution >= 4 is 22.5 Å². The molecule has 2 heterocycles. The first kappa shape index (κ1) is 23.3. The zero-order chi connectivity index (χ0) is 24.4. The van der Waals surface area contributed by atoms with E-state index < -0.39 is 0 Å². The Kier molecular flexibility index (Phi) is 6.65. The van der Waals surface area contributed by atoms with Gasteiger partial charge in [-0.1, -0.05) is 54.4 Å². The number of hydrogen-bond acceptors (Lipinski definition) is 3. The molecule has 35 heavy (non-hydrogen) atoms. The van der Waals surface area contributed by atoms with Gasteiger partial charge in [0.15, 0.2) is 0 Å². The van der Waals surface area contributed by atoms with Crippen LogP contribution < -0.4 is 5.32 Å². The van der Waals surface area contributed by atoms with Crippen LogP contribution in [0.5, 0.6) is 0 Å². The molecule has 4 nitrogen and oxygen atoms in total. The number of piperidine rings is 1. The lowest BCUT2D eigenvalue weighted by molar-refractivity contribution is 0.0939. The molecule has 1 N–H and O–H groups in total. The molecule has 0 aliphatic carbocycles. The maximum Gasteiger partial charge on any atom is 0.255 e. The van der Waals surface area contributed by atoms with Gasteiger partial charge < -0.3 is 5.32 Å². The minimum atomic E-state index is -0.113. The number of nitrogens with one attached hydrogen (secondary N) is 1. The molecule has 1 saturated heterocycles. The lowest BCUT2D eigenvalue weighted by Crippen LogP contribution is -2.43. The summed E-state index contributed by atoms with van der Waals surface area (Å²) in [6.45, 7) is 7.61. The van der Waals surface area contributed by atoms with Gasteiger partial charge >= 0.3 is 0 Å². The summed E-state index contributed by atoms with van der Waals surface area (Å²) in [5.74, 6) is -0.113. The highest BCUT2D eigenvalue weighted by atomic mass is 16.1. The molecule has 1 aliphatic heterocycles. The highest BCUT2D eigenvalue weighted by Crippen LogP contribution is 2.26. The second-order valence-electron chi connectivity index (χ2n) is 9.91. The Morgan fingerprint density at radius 3 is 2.23 bits per heavy atom. The number of aryl methyl sites for hydroxylation is 1. The van der Waals surface area contributed by atoms with E-state index in [-0.39, 0.29) is 5.91 Å². The molecule has 3 aromatic carbocycles. The lowest BCUT2D eigenvalue weighted by Gasteiger charge is -2.38. The SMILES string of the molecule is Cc1ccc(-c2ccc(C(=O)Nc3ccc4nc(CN5[C@H](C)CCC[C@@H]5C)ccc4c3)cc2)cc1. The van der Waals surface area contributed by atoms with Crippen LogP contribution >= 0.6 is 0 Å². The van der Waals surface area contributed by atoms with Crippen LogP contribution in [-0.2, 0) is 6.54 Å². The van der Waals surface area contributed by atoms with Crippen molar-refractivity contribution < 1.29 is 4.79 Å². The molecule has 2 atom stereocenters. The zero-order valence-corrected chi connectivity index (χ0v) is 20.8. The van der Waals surface area contributed by atoms with Gasteiger partial charge in [0.1, 0.15) is 0 Å². The van der Waals surface area contributed by atoms with Crippen molar-refractivity contribution in [1.82, 2.24) is 9.88 Å². The molecule has 1 amide bonds. The molecule has 0 saturated carbocycles. The Balaban J connectivity index is 1.27. The number of hydrogen-bond donors (Lipinski definition) is 1. The summed E-state index contributed by atoms with van der Waals surface area (Å²) in [5, 5.41) is 4.06. The topological polar surface area (TPSA) is 45.2 Å². The minimum absolute atomic E-state index is 0.113. The summed E-state index contributed by atoms with van der Waals surface area (Å²) in [4.78, 5) is 20.3. The van der Waals surface area contributed by atoms with Gasteiger partial charge in [-0.3, -0.25) is 14.7 Å². The number of aromatic nitrogens is 1. The van der Waals surface area contributed by atoms with Crippen molar-refractivity contribution in [1.29, 1.82) is 0 Å². The fourth-order valence-corrected chi connectivity index (χ4v) is 5.07. The molecule has 1 aliphatic rings. The van der Waals surface area contributed by atoms with Gasteiger partial charge in [0.05, 0.1) is 11.2 Å². The zero-order valence-electron chi connectivity index (χ0n) is 20.8. The summed E-state index contributed by atoms with van der Waals surface area (Å²) in [5.41, 5.74) is 6.95. The molecule has 4 aromatic rings. The number of rotatable bonds is 5. The van der Waals surface area contributed by atoms with E-state index in [0.29, 0.717) is 17.6 Å². The molecule has 0 unspecified atom stereocenters. The minimum Gasteiger partial charge on any atom is -0.322 e. The van der Waals surface area contributed by atoms with Crippen molar-refractivity contribution in [3.05, 3.63) is 95.7 Å². The number of pyridine rings is 1. The van der Waals surface area contributed by atoms with Crippen LogP contribution in [0.1, 0.15) is 54.7 Å². The van der Waals surface area contributed by atoms with Crippen molar-refractivity contribution in [3.8, 4) is 11.1 Å². The molecular formula is C31H33N3O. The maximum absolute atomic E-state index is 12.8. The number of carbonyl (C=O) groups is 1. The first-order valence-corrected chi connectivity index (χ1v) is 12.6. The number of likely N-dealkylation sites (tertiary alicyclic amines) is 1. The van der Waals surface area contributed by atoms with E-state index in [0.717, 1.165) is 40.0 Å². The Morgan fingerprint density at radius 2 is 1.54 bits per heavy atom. The quantitative estimate of drug-likeness (QED) is 0.340. The van der Waals surface area contributed by atoms with Crippen molar-refractivity contribution in [3.63, 3.8) is 0 Å². The van der Waals surface area contributed by atoms with Crippen LogP contribution in [0.2, 0.25) is 0 Å². The second kappa shape index (κ2) is 10.0. The summed E-state index contributed by atoms with van der Waals surface area (Å²) in [6.07, 6.45) is 3.83. The predicted octanol–water partition coefficient (Wildman–Crippen LogP) is 7.23. The Hall–Kier alpha value is -3.50. The Morgan fingerprint density at radius 1 is 0.886 bits per heavy atom. The van der Waals surface area contributed by atoms with Gasteiger partial charge in [0, 0.05) is 35.3 Å². The predicted molar refractivity (Wildman–Crippen MR) is 145 cm³/mol. The highest BCUT2D eigenvalue weighted by Gasteiger charge is 2.24. The normalized spacial score (nSPS) is 18.5. The van der Waals surface area contributed by atoms with E-state index in [1.54, 1.807) is 0 Å². The van der Waals surface area contributed by atoms with E-state index in [2.05, 4.69) is 67.4 Å². The van der Waals surface area contributed by atoms with E-state index in [9.17, 15) is 4.79 Å². The molecule has 5 rings (SSSR count). The van der Waals surface area contributed by atoms with Gasteiger partial charge in [0.2, 0.25) is 0 Å². The van der Waals surface area contributed by atoms with Gasteiger partial charge in [-0.15, -0.1) is 0 Å². The van der Waals surface area contributed by atoms with E-state index in [1.807, 2.05) is 42.5 Å². The van der Waals surface area contributed by atoms with Crippen LogP contribution in [0, 0.1) is 6.92 Å². The number of fused-ring (bicyclic) bond motifs is 1. The molecular weight excluding hydrogens is 430 g/mol. The molecule has 178 valence electrons. The third-order valence-electron chi connectivity index (χ3n) is 7.26. The van der Waals surface area contributed by atoms with E-state index in [1.165, 1.54) is 24.8 Å². The lowest BCUT2D eigenvalue weighted by atomic mass is 9.97. The highest BCUT2D eigenvalue weighted by molar-refractivity contribution is 6.05. The number of anilines is 1. The first-order valence-electron chi connectivity index (χ1n) is 12.6. The number of nitrogens with zero attached hydrogens (tertiary/aromatic N) is 2. The maximum atomic E-state index is 12.8. The summed E-state index contributed by atoms with van der Waals surface area (Å²) in [6, 6.07) is 27.5. The third-order valence-corrected chi connectivity index (χ3v) is 7.26. The van der Waals surface area contributed by atoms with Crippen LogP contribution in [0.15, 0.2) is 78.9 Å². The van der Waals surface area contributed by atoms with Crippen LogP contribution in [0.25, 0.3) is 22.0 Å². The molecule has 4 heteroatoms. The smallest absolute Gasteiger partial charge is 0.255 e. The van der Waals surface area contributed by atoms with Crippen LogP contribution in [-0.4, -0.2) is 27.9 Å². The van der Waals surface area contributed by atoms with Crippen molar-refractivity contribution in [2.45, 2.75) is 58.7 Å². The summed E-state index contributed by atoms with van der Waals surface area (Å²) >= 11 is 0. The second-order valence-corrected chi connectivity index (χ2v) is 9.91. The third kappa shape index (κ3) is 5.28. The Labute approximate surface area is 208 Å². The first-order chi connectivity index (χ1) is 17.0. The summed E-state index contributed by atoms with van der Waals surface area (Å²) < 4.78 is 0. The van der Waals surface area contributed by atoms with Gasteiger partial charge in [-0.05, 0) is 81.1 Å². The van der Waals surface area contributed by atoms with Gasteiger partial charge in [-0.25, -0.2) is 0 Å². The van der Waals surface area contributed by atoms with Crippen molar-refractivity contribution in [2.24, 2.45) is 0 Å². The Bertz CT molecular complexity index is 1320. The van der Waals surface area contributed by atoms with E-state index >= 15 is 0 Å². The van der Waals surface area contributed by atoms with Crippen molar-refractivity contribution in [2.75, 3.05) is 5.32 Å². The van der Waals surface area contributed by atoms with Crippen LogP contribution in [0.3, 0.4) is 0 Å². The fraction of sp³-hybridized carbons (Fsp3) is 0.290. The molecule has 0 spiro atoms. The number of amides is 1. The molecule has 1 fully saturated rings. The van der Waals surface area contributed by atoms with Gasteiger partial charge in [-0.2, -0.15) is 0 Å². The van der Waals surface area contributed by atoms with Crippen LogP contribution in [0.4, 0.5) is 5.69 Å². The number of carbonyl (C=O) groups excluding carboxylic acids is 1. The average Bonchev–Trinajstić information content (AvgIpc) is 2.87. The molecule has 0 radical (unpaired) electrons. The average molecular weight is 464 g/mol. The van der Waals surface area contributed by atoms with E-state index in [4.69, 9.17) is 4.98 Å². The number of benzene rings is 3. The summed E-state index contributed by atoms with van der Waals surface area (Å²) in [7, 11) is 0. The molecule has 0 bridgehead atoms. The monoisotopic (exact) mass is 463 g/mol. The van der Waals surface area contributed by atoms with Gasteiger partial charge in [0.25, 0.3) is 5.91 Å². The standard InChI is InChI=1S/C31H33N3O/c1-21-7-9-24(10-8-21)25-11-13-26(14-12-25)31(35)33-28-17-18-30-27(19-28)15-16-29(32-30)20-34-22(2)5-4-6-23(34)3/h7-19,22-23H,4-6,20H2,1-3H3,(H,33,35)/t22-,23+. The molecule has 1 aromatic heterocycles. The fourth-order valence-electron chi connectivity index (χ4n) is 5.07.